The molecule has 0 unspecified atom stereocenters. The summed E-state index contributed by atoms with van der Waals surface area (Å²) in [5.41, 5.74) is 2.01. The van der Waals surface area contributed by atoms with Crippen LogP contribution in [0.15, 0.2) is 30.5 Å². The first-order valence-corrected chi connectivity index (χ1v) is 7.79. The molecule has 7 heteroatoms. The summed E-state index contributed by atoms with van der Waals surface area (Å²) in [4.78, 5) is 16.5. The number of aliphatic hydroxyl groups is 1. The Morgan fingerprint density at radius 3 is 3.04 bits per heavy atom. The molecule has 0 spiro atoms. The number of halogens is 2. The number of aliphatic hydroxyl groups excluding tert-OH is 1. The molecular weight excluding hydrogens is 339 g/mol. The first-order valence-electron chi connectivity index (χ1n) is 7.03. The Morgan fingerprint density at radius 1 is 1.43 bits per heavy atom. The van der Waals surface area contributed by atoms with Crippen molar-refractivity contribution < 1.29 is 14.6 Å². The van der Waals surface area contributed by atoms with Crippen molar-refractivity contribution in [3.63, 3.8) is 0 Å². The minimum Gasteiger partial charge on any atom is -0.476 e. The fourth-order valence-corrected chi connectivity index (χ4v) is 3.15. The highest BCUT2D eigenvalue weighted by Crippen LogP contribution is 2.32. The van der Waals surface area contributed by atoms with E-state index in [0.717, 1.165) is 5.56 Å². The summed E-state index contributed by atoms with van der Waals surface area (Å²) in [6.45, 7) is 0.265. The van der Waals surface area contributed by atoms with E-state index >= 15 is 0 Å². The summed E-state index contributed by atoms with van der Waals surface area (Å²) >= 11 is 12.1. The topological polar surface area (TPSA) is 71.5 Å². The van der Waals surface area contributed by atoms with Crippen LogP contribution in [0.25, 0.3) is 0 Å². The number of nitrogens with zero attached hydrogens (tertiary/aromatic N) is 1. The molecule has 1 amide bonds. The summed E-state index contributed by atoms with van der Waals surface area (Å²) in [7, 11) is 0. The van der Waals surface area contributed by atoms with Gasteiger partial charge < -0.3 is 15.2 Å². The molecular formula is C16H14Cl2N2O3. The SMILES string of the molecule is O=C(NCc1c(Cl)cc(Cl)cc1CO)[C@H]1COc2ncccc21. The first-order chi connectivity index (χ1) is 11.1. The van der Waals surface area contributed by atoms with Crippen LogP contribution in [-0.4, -0.2) is 22.6 Å². The highest BCUT2D eigenvalue weighted by atomic mass is 35.5. The van der Waals surface area contributed by atoms with Crippen LogP contribution in [0.2, 0.25) is 10.0 Å². The standard InChI is InChI=1S/C16H14Cl2N2O3/c17-10-4-9(7-21)12(14(18)5-10)6-20-15(22)13-8-23-16-11(13)2-1-3-19-16/h1-5,13,21H,6-8H2,(H,20,22)/t13-/m0/s1. The van der Waals surface area contributed by atoms with Gasteiger partial charge in [0.05, 0.1) is 6.61 Å². The van der Waals surface area contributed by atoms with Gasteiger partial charge in [-0.25, -0.2) is 4.98 Å². The van der Waals surface area contributed by atoms with E-state index in [1.54, 1.807) is 24.4 Å². The molecule has 0 fully saturated rings. The lowest BCUT2D eigenvalue weighted by atomic mass is 10.0. The average Bonchev–Trinajstić information content (AvgIpc) is 2.97. The van der Waals surface area contributed by atoms with Gasteiger partial charge in [0.2, 0.25) is 11.8 Å². The van der Waals surface area contributed by atoms with Crippen molar-refractivity contribution in [3.05, 3.63) is 57.2 Å². The lowest BCUT2D eigenvalue weighted by Gasteiger charge is -2.14. The summed E-state index contributed by atoms with van der Waals surface area (Å²) in [5.74, 6) is -0.0813. The summed E-state index contributed by atoms with van der Waals surface area (Å²) in [6, 6.07) is 6.82. The number of hydrogen-bond donors (Lipinski definition) is 2. The summed E-state index contributed by atoms with van der Waals surface area (Å²) in [6.07, 6.45) is 1.63. The molecule has 1 aliphatic rings. The second-order valence-electron chi connectivity index (χ2n) is 5.16. The monoisotopic (exact) mass is 352 g/mol. The highest BCUT2D eigenvalue weighted by molar-refractivity contribution is 6.35. The lowest BCUT2D eigenvalue weighted by molar-refractivity contribution is -0.122. The molecule has 1 aromatic heterocycles. The fraction of sp³-hybridized carbons (Fsp3) is 0.250. The maximum atomic E-state index is 12.4. The smallest absolute Gasteiger partial charge is 0.231 e. The van der Waals surface area contributed by atoms with Crippen LogP contribution < -0.4 is 10.1 Å². The molecule has 0 bridgehead atoms. The second kappa shape index (κ2) is 6.74. The van der Waals surface area contributed by atoms with Crippen molar-refractivity contribution in [1.29, 1.82) is 0 Å². The maximum absolute atomic E-state index is 12.4. The predicted molar refractivity (Wildman–Crippen MR) is 86.7 cm³/mol. The number of benzene rings is 1. The third-order valence-electron chi connectivity index (χ3n) is 3.74. The Labute approximate surface area is 143 Å². The molecule has 5 nitrogen and oxygen atoms in total. The molecule has 3 rings (SSSR count). The van der Waals surface area contributed by atoms with Crippen LogP contribution >= 0.6 is 23.2 Å². The van der Waals surface area contributed by atoms with Crippen LogP contribution in [0.3, 0.4) is 0 Å². The highest BCUT2D eigenvalue weighted by Gasteiger charge is 2.31. The number of carbonyl (C=O) groups is 1. The van der Waals surface area contributed by atoms with Crippen molar-refractivity contribution in [2.24, 2.45) is 0 Å². The molecule has 1 aliphatic heterocycles. The van der Waals surface area contributed by atoms with Gasteiger partial charge in [-0.15, -0.1) is 0 Å². The Kier molecular flexibility index (Phi) is 4.71. The molecule has 1 atom stereocenters. The molecule has 2 N–H and O–H groups in total. The molecule has 2 heterocycles. The second-order valence-corrected chi connectivity index (χ2v) is 6.01. The molecule has 2 aromatic rings. The Morgan fingerprint density at radius 2 is 2.26 bits per heavy atom. The van der Waals surface area contributed by atoms with E-state index in [1.165, 1.54) is 0 Å². The minimum atomic E-state index is -0.401. The van der Waals surface area contributed by atoms with Crippen molar-refractivity contribution in [2.45, 2.75) is 19.1 Å². The van der Waals surface area contributed by atoms with E-state index in [-0.39, 0.29) is 25.7 Å². The van der Waals surface area contributed by atoms with Crippen LogP contribution in [0.1, 0.15) is 22.6 Å². The van der Waals surface area contributed by atoms with Crippen LogP contribution in [0.5, 0.6) is 5.88 Å². The molecule has 0 saturated carbocycles. The predicted octanol–water partition coefficient (Wildman–Crippen LogP) is 2.67. The number of nitrogens with one attached hydrogen (secondary N) is 1. The van der Waals surface area contributed by atoms with Gasteiger partial charge in [-0.2, -0.15) is 0 Å². The van der Waals surface area contributed by atoms with E-state index < -0.39 is 5.92 Å². The first kappa shape index (κ1) is 16.1. The number of ether oxygens (including phenoxy) is 1. The minimum absolute atomic E-state index is 0.174. The van der Waals surface area contributed by atoms with Crippen molar-refractivity contribution in [3.8, 4) is 5.88 Å². The van der Waals surface area contributed by atoms with Crippen LogP contribution in [0.4, 0.5) is 0 Å². The van der Waals surface area contributed by atoms with Gasteiger partial charge in [0, 0.05) is 28.4 Å². The molecule has 0 radical (unpaired) electrons. The molecule has 0 saturated heterocycles. The van der Waals surface area contributed by atoms with Crippen LogP contribution in [0, 0.1) is 0 Å². The van der Waals surface area contributed by atoms with E-state index in [1.807, 2.05) is 6.07 Å². The zero-order chi connectivity index (χ0) is 16.4. The molecule has 0 aliphatic carbocycles. The Hall–Kier alpha value is -1.82. The third-order valence-corrected chi connectivity index (χ3v) is 4.30. The zero-order valence-corrected chi connectivity index (χ0v) is 13.6. The Balaban J connectivity index is 1.74. The molecule has 23 heavy (non-hydrogen) atoms. The van der Waals surface area contributed by atoms with Gasteiger partial charge in [-0.1, -0.05) is 29.3 Å². The van der Waals surface area contributed by atoms with Crippen LogP contribution in [-0.2, 0) is 17.9 Å². The van der Waals surface area contributed by atoms with Crippen molar-refractivity contribution in [2.75, 3.05) is 6.61 Å². The Bertz CT molecular complexity index is 752. The van der Waals surface area contributed by atoms with Crippen molar-refractivity contribution >= 4 is 29.1 Å². The van der Waals surface area contributed by atoms with E-state index in [2.05, 4.69) is 10.3 Å². The third kappa shape index (κ3) is 3.27. The molecule has 1 aromatic carbocycles. The maximum Gasteiger partial charge on any atom is 0.231 e. The number of fused-ring (bicyclic) bond motifs is 1. The average molecular weight is 353 g/mol. The normalized spacial score (nSPS) is 15.9. The van der Waals surface area contributed by atoms with E-state index in [4.69, 9.17) is 27.9 Å². The van der Waals surface area contributed by atoms with E-state index in [0.29, 0.717) is 27.1 Å². The quantitative estimate of drug-likeness (QED) is 0.887. The summed E-state index contributed by atoms with van der Waals surface area (Å²) < 4.78 is 5.41. The number of aromatic nitrogens is 1. The lowest BCUT2D eigenvalue weighted by Crippen LogP contribution is -2.30. The number of pyridine rings is 1. The largest absolute Gasteiger partial charge is 0.476 e. The zero-order valence-electron chi connectivity index (χ0n) is 12.1. The number of amides is 1. The molecule has 120 valence electrons. The summed E-state index contributed by atoms with van der Waals surface area (Å²) in [5, 5.41) is 13.1. The fourth-order valence-electron chi connectivity index (χ4n) is 2.55. The number of hydrogen-bond acceptors (Lipinski definition) is 4. The van der Waals surface area contributed by atoms with Gasteiger partial charge in [0.1, 0.15) is 12.5 Å². The van der Waals surface area contributed by atoms with Gasteiger partial charge in [0.15, 0.2) is 0 Å². The number of carbonyl (C=O) groups excluding carboxylic acids is 1. The van der Waals surface area contributed by atoms with Gasteiger partial charge in [-0.3, -0.25) is 4.79 Å². The van der Waals surface area contributed by atoms with E-state index in [9.17, 15) is 9.90 Å². The van der Waals surface area contributed by atoms with Gasteiger partial charge in [-0.05, 0) is 29.3 Å². The van der Waals surface area contributed by atoms with Gasteiger partial charge in [0.25, 0.3) is 0 Å². The van der Waals surface area contributed by atoms with Gasteiger partial charge >= 0.3 is 0 Å². The van der Waals surface area contributed by atoms with Crippen molar-refractivity contribution in [1.82, 2.24) is 10.3 Å². The number of rotatable bonds is 4.